The first-order chi connectivity index (χ1) is 30.4. The van der Waals surface area contributed by atoms with Crippen LogP contribution in [0.25, 0.3) is 76.2 Å². The zero-order valence-corrected chi connectivity index (χ0v) is 35.2. The average molecular weight is 801 g/mol. The zero-order valence-electron chi connectivity index (χ0n) is 35.2. The summed E-state index contributed by atoms with van der Waals surface area (Å²) in [6, 6.07) is 65.7. The lowest BCUT2D eigenvalue weighted by atomic mass is 9.84. The molecule has 0 unspecified atom stereocenters. The van der Waals surface area contributed by atoms with Gasteiger partial charge in [-0.1, -0.05) is 149 Å². The summed E-state index contributed by atoms with van der Waals surface area (Å²) >= 11 is 0. The first-order valence-electron chi connectivity index (χ1n) is 21.7. The molecule has 12 aromatic rings. The van der Waals surface area contributed by atoms with Crippen LogP contribution in [0, 0.1) is 0 Å². The second-order valence-electron chi connectivity index (χ2n) is 17.2. The van der Waals surface area contributed by atoms with Gasteiger partial charge in [-0.05, 0) is 105 Å². The van der Waals surface area contributed by atoms with E-state index in [9.17, 15) is 0 Å². The highest BCUT2D eigenvalue weighted by Gasteiger charge is 2.28. The predicted molar refractivity (Wildman–Crippen MR) is 262 cm³/mol. The number of para-hydroxylation sites is 6. The molecule has 0 amide bonds. The number of hydrogen-bond donors (Lipinski definition) is 0. The normalized spacial score (nSPS) is 12.2. The molecule has 62 heavy (non-hydrogen) atoms. The number of nitrogens with zero attached hydrogens (tertiary/aromatic N) is 2. The first kappa shape index (κ1) is 36.3. The van der Waals surface area contributed by atoms with Gasteiger partial charge in [-0.3, -0.25) is 0 Å². The van der Waals surface area contributed by atoms with Crippen molar-refractivity contribution < 1.29 is 8.83 Å². The van der Waals surface area contributed by atoms with Crippen LogP contribution >= 0.6 is 0 Å². The number of anilines is 6. The third kappa shape index (κ3) is 5.39. The summed E-state index contributed by atoms with van der Waals surface area (Å²) in [5.74, 6) is 0.516. The Kier molecular flexibility index (Phi) is 8.20. The summed E-state index contributed by atoms with van der Waals surface area (Å²) in [5.41, 5.74) is 12.5. The quantitative estimate of drug-likeness (QED) is 0.143. The smallest absolute Gasteiger partial charge is 0.159 e. The van der Waals surface area contributed by atoms with Crippen LogP contribution in [0.4, 0.5) is 34.1 Å². The summed E-state index contributed by atoms with van der Waals surface area (Å²) in [6.07, 6.45) is 0. The fraction of sp³-hybridized carbons (Fsp3) is 0.103. The van der Waals surface area contributed by atoms with Crippen molar-refractivity contribution in [3.63, 3.8) is 0 Å². The van der Waals surface area contributed by atoms with Gasteiger partial charge in [-0.2, -0.15) is 0 Å². The summed E-state index contributed by atoms with van der Waals surface area (Å²) in [5, 5.41) is 11.9. The molecule has 0 aliphatic rings. The van der Waals surface area contributed by atoms with Gasteiger partial charge in [-0.15, -0.1) is 0 Å². The standard InChI is InChI=1S/C58H44N2O2/c1-35(2)47-33-51(59(37-17-7-5-8-18-37)49-25-15-23-43-39-21-11-13-27-53(39)61-57(43)49)45-32-30-42-48(36(3)4)34-52(46-31-29-41(47)55(45)56(42)46)60(38-19-9-6-10-20-38)50-26-16-24-44-40-22-12-14-28-54(40)62-58(44)50/h5-36H,1-4H3. The molecule has 10 aromatic carbocycles. The lowest BCUT2D eigenvalue weighted by molar-refractivity contribution is 0.668. The molecule has 0 aliphatic heterocycles. The van der Waals surface area contributed by atoms with E-state index in [0.29, 0.717) is 0 Å². The predicted octanol–water partition coefficient (Wildman–Crippen LogP) is 17.6. The van der Waals surface area contributed by atoms with Gasteiger partial charge in [-0.25, -0.2) is 0 Å². The molecular formula is C58H44N2O2. The summed E-state index contributed by atoms with van der Waals surface area (Å²) in [7, 11) is 0. The number of benzene rings is 10. The Balaban J connectivity index is 1.21. The van der Waals surface area contributed by atoms with Crippen LogP contribution in [0.3, 0.4) is 0 Å². The second-order valence-corrected chi connectivity index (χ2v) is 17.2. The van der Waals surface area contributed by atoms with Crippen molar-refractivity contribution >= 4 is 110 Å². The number of hydrogen-bond acceptors (Lipinski definition) is 4. The third-order valence-electron chi connectivity index (χ3n) is 12.9. The Labute approximate surface area is 360 Å². The van der Waals surface area contributed by atoms with Crippen LogP contribution in [0.2, 0.25) is 0 Å². The minimum absolute atomic E-state index is 0.258. The molecule has 2 aromatic heterocycles. The highest BCUT2D eigenvalue weighted by atomic mass is 16.3. The molecule has 4 nitrogen and oxygen atoms in total. The molecular weight excluding hydrogens is 757 g/mol. The van der Waals surface area contributed by atoms with E-state index in [1.165, 1.54) is 43.4 Å². The highest BCUT2D eigenvalue weighted by Crippen LogP contribution is 2.52. The Morgan fingerprint density at radius 1 is 0.323 bits per heavy atom. The van der Waals surface area contributed by atoms with E-state index in [1.54, 1.807) is 0 Å². The van der Waals surface area contributed by atoms with E-state index in [-0.39, 0.29) is 11.8 Å². The van der Waals surface area contributed by atoms with E-state index in [1.807, 2.05) is 12.1 Å². The number of fused-ring (bicyclic) bond motifs is 6. The van der Waals surface area contributed by atoms with Crippen molar-refractivity contribution in [1.82, 2.24) is 0 Å². The molecule has 0 saturated carbocycles. The number of furan rings is 2. The van der Waals surface area contributed by atoms with Crippen LogP contribution in [-0.2, 0) is 0 Å². The molecule has 4 heteroatoms. The average Bonchev–Trinajstić information content (AvgIpc) is 3.89. The molecule has 0 N–H and O–H groups in total. The molecule has 0 aliphatic carbocycles. The van der Waals surface area contributed by atoms with Crippen LogP contribution < -0.4 is 9.80 Å². The van der Waals surface area contributed by atoms with E-state index in [4.69, 9.17) is 8.83 Å². The van der Waals surface area contributed by atoms with Gasteiger partial charge < -0.3 is 18.6 Å². The molecule has 2 heterocycles. The maximum atomic E-state index is 6.77. The molecule has 0 radical (unpaired) electrons. The van der Waals surface area contributed by atoms with Gasteiger partial charge >= 0.3 is 0 Å². The Bertz CT molecular complexity index is 3410. The lowest BCUT2D eigenvalue weighted by Gasteiger charge is -2.31. The first-order valence-corrected chi connectivity index (χ1v) is 21.7. The Hall–Kier alpha value is -7.56. The molecule has 12 rings (SSSR count). The fourth-order valence-electron chi connectivity index (χ4n) is 10.1. The van der Waals surface area contributed by atoms with Gasteiger partial charge in [0.25, 0.3) is 0 Å². The number of rotatable bonds is 8. The van der Waals surface area contributed by atoms with Crippen LogP contribution in [-0.4, -0.2) is 0 Å². The molecule has 0 fully saturated rings. The second kappa shape index (κ2) is 14.0. The van der Waals surface area contributed by atoms with Gasteiger partial charge in [0.15, 0.2) is 11.2 Å². The minimum Gasteiger partial charge on any atom is -0.454 e. The van der Waals surface area contributed by atoms with Crippen LogP contribution in [0.1, 0.15) is 50.7 Å². The van der Waals surface area contributed by atoms with Crippen molar-refractivity contribution in [3.05, 3.63) is 193 Å². The van der Waals surface area contributed by atoms with E-state index >= 15 is 0 Å². The summed E-state index contributed by atoms with van der Waals surface area (Å²) in [6.45, 7) is 9.27. The molecule has 0 atom stereocenters. The van der Waals surface area contributed by atoms with Gasteiger partial charge in [0, 0.05) is 43.7 Å². The SMILES string of the molecule is CC(C)c1cc(N(c2ccccc2)c2cccc3c2oc2ccccc23)c2ccc3c(C(C)C)cc(N(c4ccccc4)c4cccc5c4oc4ccccc45)c4ccc1c2c34. The van der Waals surface area contributed by atoms with E-state index in [0.717, 1.165) is 78.0 Å². The maximum Gasteiger partial charge on any atom is 0.159 e. The Morgan fingerprint density at radius 2 is 0.694 bits per heavy atom. The zero-order chi connectivity index (χ0) is 41.6. The summed E-state index contributed by atoms with van der Waals surface area (Å²) < 4.78 is 13.5. The van der Waals surface area contributed by atoms with E-state index < -0.39 is 0 Å². The van der Waals surface area contributed by atoms with Crippen molar-refractivity contribution in [3.8, 4) is 0 Å². The van der Waals surface area contributed by atoms with Crippen LogP contribution in [0.15, 0.2) is 191 Å². The largest absolute Gasteiger partial charge is 0.454 e. The van der Waals surface area contributed by atoms with E-state index in [2.05, 4.69) is 207 Å². The third-order valence-corrected chi connectivity index (χ3v) is 12.9. The lowest BCUT2D eigenvalue weighted by Crippen LogP contribution is -2.13. The van der Waals surface area contributed by atoms with Crippen molar-refractivity contribution in [2.24, 2.45) is 0 Å². The maximum absolute atomic E-state index is 6.77. The van der Waals surface area contributed by atoms with Crippen molar-refractivity contribution in [2.45, 2.75) is 39.5 Å². The van der Waals surface area contributed by atoms with Crippen LogP contribution in [0.5, 0.6) is 0 Å². The van der Waals surface area contributed by atoms with Gasteiger partial charge in [0.2, 0.25) is 0 Å². The molecule has 0 bridgehead atoms. The van der Waals surface area contributed by atoms with Gasteiger partial charge in [0.1, 0.15) is 11.2 Å². The summed E-state index contributed by atoms with van der Waals surface area (Å²) in [4.78, 5) is 4.84. The van der Waals surface area contributed by atoms with Crippen molar-refractivity contribution in [2.75, 3.05) is 9.80 Å². The molecule has 0 saturated heterocycles. The molecule has 298 valence electrons. The molecule has 0 spiro atoms. The Morgan fingerprint density at radius 3 is 1.11 bits per heavy atom. The minimum atomic E-state index is 0.258. The topological polar surface area (TPSA) is 32.8 Å². The highest BCUT2D eigenvalue weighted by molar-refractivity contribution is 6.30. The van der Waals surface area contributed by atoms with Crippen molar-refractivity contribution in [1.29, 1.82) is 0 Å². The fourth-order valence-corrected chi connectivity index (χ4v) is 10.1. The van der Waals surface area contributed by atoms with Gasteiger partial charge in [0.05, 0.1) is 22.7 Å². The monoisotopic (exact) mass is 800 g/mol.